The molecule has 5 aromatic rings. The number of aromatic nitrogens is 4. The van der Waals surface area contributed by atoms with Gasteiger partial charge in [0.15, 0.2) is 17.4 Å². The van der Waals surface area contributed by atoms with E-state index >= 15 is 4.39 Å². The molecule has 10 rings (SSSR count). The van der Waals surface area contributed by atoms with Crippen LogP contribution in [0.5, 0.6) is 11.5 Å². The Morgan fingerprint density at radius 1 is 0.968 bits per heavy atom. The van der Waals surface area contributed by atoms with Gasteiger partial charge in [0.05, 0.1) is 34.0 Å². The highest BCUT2D eigenvalue weighted by molar-refractivity contribution is 7.98. The predicted octanol–water partition coefficient (Wildman–Crippen LogP) is 8.58. The Hall–Kier alpha value is -5.41. The highest BCUT2D eigenvalue weighted by Gasteiger charge is 2.47. The Morgan fingerprint density at radius 2 is 1.78 bits per heavy atom. The molecule has 63 heavy (non-hydrogen) atoms. The minimum Gasteiger partial charge on any atom is -0.453 e. The number of aryl methyl sites for hydroxylation is 1. The number of benzene rings is 3. The summed E-state index contributed by atoms with van der Waals surface area (Å²) < 4.78 is 46.7. The third-order valence-corrected chi connectivity index (χ3v) is 14.4. The number of hydrogen-bond acceptors (Lipinski definition) is 12. The van der Waals surface area contributed by atoms with Gasteiger partial charge in [0.2, 0.25) is 5.91 Å². The van der Waals surface area contributed by atoms with Gasteiger partial charge in [-0.1, -0.05) is 19.3 Å². The number of urea groups is 1. The molecule has 2 saturated carbocycles. The van der Waals surface area contributed by atoms with Crippen LogP contribution in [0.3, 0.4) is 0 Å². The molecule has 2 N–H and O–H groups in total. The molecule has 1 spiro atoms. The van der Waals surface area contributed by atoms with Gasteiger partial charge in [-0.05, 0) is 106 Å². The maximum absolute atomic E-state index is 15.0. The fourth-order valence-electron chi connectivity index (χ4n) is 9.92. The molecule has 1 atom stereocenters. The Labute approximate surface area is 369 Å². The van der Waals surface area contributed by atoms with Gasteiger partial charge in [-0.3, -0.25) is 24.7 Å². The highest BCUT2D eigenvalue weighted by Crippen LogP contribution is 2.56. The van der Waals surface area contributed by atoms with Gasteiger partial charge >= 0.3 is 6.03 Å². The molecule has 14 nitrogen and oxygen atoms in total. The molecule has 3 aromatic carbocycles. The van der Waals surface area contributed by atoms with Crippen molar-refractivity contribution in [3.8, 4) is 17.6 Å². The molecule has 2 aromatic heterocycles. The first-order valence-corrected chi connectivity index (χ1v) is 22.7. The van der Waals surface area contributed by atoms with Crippen molar-refractivity contribution in [2.45, 2.75) is 88.7 Å². The van der Waals surface area contributed by atoms with E-state index in [9.17, 15) is 19.2 Å². The molecular weight excluding hydrogens is 827 g/mol. The summed E-state index contributed by atoms with van der Waals surface area (Å²) in [4.78, 5) is 36.7. The van der Waals surface area contributed by atoms with E-state index in [0.29, 0.717) is 34.0 Å². The summed E-state index contributed by atoms with van der Waals surface area (Å²) in [6, 6.07) is 15.0. The number of carbonyl (C=O) groups is 2. The van der Waals surface area contributed by atoms with Crippen LogP contribution in [0.15, 0.2) is 54.7 Å². The Balaban J connectivity index is 0.000000221. The number of piperidine rings is 1. The summed E-state index contributed by atoms with van der Waals surface area (Å²) in [5, 5.41) is 17.0. The van der Waals surface area contributed by atoms with Gasteiger partial charge in [0, 0.05) is 82.0 Å². The second-order valence-electron chi connectivity index (χ2n) is 17.5. The van der Waals surface area contributed by atoms with Crippen LogP contribution in [-0.4, -0.2) is 92.9 Å². The van der Waals surface area contributed by atoms with Gasteiger partial charge in [-0.25, -0.2) is 22.9 Å². The Kier molecular flexibility index (Phi) is 12.5. The number of anilines is 2. The number of carbonyl (C=O) groups excluding carboxylic acids is 2. The van der Waals surface area contributed by atoms with E-state index < -0.39 is 17.7 Å². The molecule has 3 amide bonds. The largest absolute Gasteiger partial charge is 0.453 e. The van der Waals surface area contributed by atoms with Crippen LogP contribution in [0, 0.1) is 28.4 Å². The zero-order valence-corrected chi connectivity index (χ0v) is 36.4. The van der Waals surface area contributed by atoms with E-state index in [2.05, 4.69) is 30.4 Å². The average Bonchev–Trinajstić information content (AvgIpc) is 3.89. The molecule has 5 aliphatic rings. The number of fused-ring (bicyclic) bond motifs is 2. The molecule has 2 aliphatic carbocycles. The fourth-order valence-corrected chi connectivity index (χ4v) is 10.8. The topological polar surface area (TPSA) is 154 Å². The SMILES string of the molecule is COC1CCN(SNc2ccc(F)c(Oc3ccc4ncc(C5CC6(CCN(C7CCCCC7)CC6)C5)nc4c3)c2C#N)C1.Cn1nc(N2CCC(=O)NC2=O)c2cc(F)ccc21. The van der Waals surface area contributed by atoms with Crippen LogP contribution in [0.4, 0.5) is 25.1 Å². The quantitative estimate of drug-likeness (QED) is 0.136. The van der Waals surface area contributed by atoms with E-state index in [-0.39, 0.29) is 36.3 Å². The highest BCUT2D eigenvalue weighted by atomic mass is 32.2. The summed E-state index contributed by atoms with van der Waals surface area (Å²) in [6.07, 6.45) is 15.2. The smallest absolute Gasteiger partial charge is 0.329 e. The van der Waals surface area contributed by atoms with Crippen LogP contribution in [-0.2, 0) is 16.6 Å². The molecule has 1 unspecified atom stereocenters. The lowest BCUT2D eigenvalue weighted by Gasteiger charge is -2.53. The number of hydrogen-bond donors (Lipinski definition) is 2. The number of imide groups is 1. The maximum atomic E-state index is 15.0. The van der Waals surface area contributed by atoms with Crippen LogP contribution in [0.1, 0.15) is 87.8 Å². The predicted molar refractivity (Wildman–Crippen MR) is 237 cm³/mol. The van der Waals surface area contributed by atoms with Crippen LogP contribution >= 0.6 is 12.1 Å². The van der Waals surface area contributed by atoms with Gasteiger partial charge in [-0.15, -0.1) is 0 Å². The van der Waals surface area contributed by atoms with Crippen molar-refractivity contribution in [3.05, 3.63) is 77.6 Å². The Morgan fingerprint density at radius 3 is 2.52 bits per heavy atom. The lowest BCUT2D eigenvalue weighted by Crippen LogP contribution is -2.49. The first kappa shape index (κ1) is 42.9. The fraction of sp³-hybridized carbons (Fsp3) is 0.478. The van der Waals surface area contributed by atoms with Crippen LogP contribution in [0.2, 0.25) is 0 Å². The van der Waals surface area contributed by atoms with Crippen molar-refractivity contribution in [2.75, 3.05) is 49.5 Å². The second kappa shape index (κ2) is 18.4. The lowest BCUT2D eigenvalue weighted by molar-refractivity contribution is -0.120. The number of methoxy groups -OCH3 is 1. The first-order chi connectivity index (χ1) is 30.6. The summed E-state index contributed by atoms with van der Waals surface area (Å²) in [6.45, 7) is 4.37. The van der Waals surface area contributed by atoms with Crippen molar-refractivity contribution in [2.24, 2.45) is 12.5 Å². The van der Waals surface area contributed by atoms with E-state index in [1.807, 2.05) is 12.3 Å². The molecule has 3 saturated heterocycles. The molecule has 0 bridgehead atoms. The van der Waals surface area contributed by atoms with E-state index in [0.717, 1.165) is 47.8 Å². The van der Waals surface area contributed by atoms with E-state index in [1.54, 1.807) is 43.1 Å². The van der Waals surface area contributed by atoms with Crippen molar-refractivity contribution in [1.29, 1.82) is 5.26 Å². The van der Waals surface area contributed by atoms with Gasteiger partial charge in [0.25, 0.3) is 0 Å². The van der Waals surface area contributed by atoms with Crippen molar-refractivity contribution < 1.29 is 27.8 Å². The summed E-state index contributed by atoms with van der Waals surface area (Å²) in [5.41, 5.74) is 4.32. The zero-order chi connectivity index (χ0) is 43.7. The van der Waals surface area contributed by atoms with Crippen LogP contribution in [0.25, 0.3) is 21.9 Å². The first-order valence-electron chi connectivity index (χ1n) is 21.9. The number of likely N-dealkylation sites (tertiary alicyclic amines) is 1. The summed E-state index contributed by atoms with van der Waals surface area (Å²) >= 11 is 1.39. The Bertz CT molecular complexity index is 2550. The number of amides is 3. The molecule has 0 radical (unpaired) electrons. The number of halogens is 2. The van der Waals surface area contributed by atoms with Gasteiger partial charge < -0.3 is 19.1 Å². The normalized spacial score (nSPS) is 20.9. The van der Waals surface area contributed by atoms with Crippen molar-refractivity contribution >= 4 is 57.5 Å². The number of nitriles is 1. The monoisotopic (exact) mass is 878 g/mol. The van der Waals surface area contributed by atoms with Gasteiger partial charge in [0.1, 0.15) is 23.2 Å². The van der Waals surface area contributed by atoms with Crippen molar-refractivity contribution in [1.82, 2.24) is 34.3 Å². The lowest BCUT2D eigenvalue weighted by atomic mass is 9.56. The number of ether oxygens (including phenoxy) is 2. The average molecular weight is 879 g/mol. The number of nitrogens with zero attached hydrogens (tertiary/aromatic N) is 8. The molecular formula is C46H52F2N10O4S. The standard InChI is InChI=1S/C34H41FN6O2S.C12H11FN4O2/c1-42-26-11-14-41(22-26)44-39-29-10-8-28(35)33(27(29)20-36)43-25-7-9-30-31(17-25)38-32(21-37-30)23-18-34(19-23)12-15-40(16-13-34)24-5-3-2-4-6-24;1-16-9-3-2-7(13)6-8(9)11(15-16)17-5-4-10(18)14-12(17)19/h7-10,17,21,23-24,26,39H,2-6,11-16,18-19,22H2,1H3;2-3,6H,4-5H2,1H3,(H,14,18,19). The molecule has 330 valence electrons. The number of rotatable bonds is 9. The molecule has 5 heterocycles. The summed E-state index contributed by atoms with van der Waals surface area (Å²) in [5.74, 6) is -0.183. The maximum Gasteiger partial charge on any atom is 0.329 e. The molecule has 17 heteroatoms. The number of nitrogens with one attached hydrogen (secondary N) is 2. The summed E-state index contributed by atoms with van der Waals surface area (Å²) in [7, 11) is 3.43. The molecule has 5 fully saturated rings. The van der Waals surface area contributed by atoms with E-state index in [1.165, 1.54) is 106 Å². The minimum absolute atomic E-state index is 0.0988. The van der Waals surface area contributed by atoms with E-state index in [4.69, 9.17) is 19.4 Å². The van der Waals surface area contributed by atoms with Crippen molar-refractivity contribution in [3.63, 3.8) is 0 Å². The second-order valence-corrected chi connectivity index (χ2v) is 18.4. The van der Waals surface area contributed by atoms with Gasteiger partial charge in [-0.2, -0.15) is 10.4 Å². The van der Waals surface area contributed by atoms with Crippen LogP contribution < -0.4 is 19.7 Å². The third kappa shape index (κ3) is 9.17. The third-order valence-electron chi connectivity index (χ3n) is 13.5. The minimum atomic E-state index is -0.591. The zero-order valence-electron chi connectivity index (χ0n) is 35.6. The molecule has 3 aliphatic heterocycles.